The fourth-order valence-electron chi connectivity index (χ4n) is 1.80. The second-order valence-corrected chi connectivity index (χ2v) is 5.17. The van der Waals surface area contributed by atoms with Gasteiger partial charge in [-0.2, -0.15) is 0 Å². The fraction of sp³-hybridized carbons (Fsp3) is 0.118. The molecule has 0 saturated heterocycles. The lowest BCUT2D eigenvalue weighted by Crippen LogP contribution is -2.12. The Bertz CT molecular complexity index is 720. The lowest BCUT2D eigenvalue weighted by molar-refractivity contribution is -0.131. The van der Waals surface area contributed by atoms with Crippen LogP contribution in [0, 0.1) is 0 Å². The third kappa shape index (κ3) is 3.99. The lowest BCUT2D eigenvalue weighted by Gasteiger charge is -2.09. The summed E-state index contributed by atoms with van der Waals surface area (Å²) in [4.78, 5) is 24.0. The zero-order valence-corrected chi connectivity index (χ0v) is 13.0. The summed E-state index contributed by atoms with van der Waals surface area (Å²) in [6.45, 7) is 3.10. The topological polar surface area (TPSA) is 52.6 Å². The van der Waals surface area contributed by atoms with E-state index in [0.717, 1.165) is 10.4 Å². The minimum Gasteiger partial charge on any atom is -0.426 e. The second-order valence-electron chi connectivity index (χ2n) is 4.56. The molecular formula is C17H14O4S. The third-order valence-electron chi connectivity index (χ3n) is 2.83. The van der Waals surface area contributed by atoms with Gasteiger partial charge in [-0.15, -0.1) is 0 Å². The molecule has 0 amide bonds. The van der Waals surface area contributed by atoms with Crippen molar-refractivity contribution in [2.75, 3.05) is 0 Å². The van der Waals surface area contributed by atoms with E-state index >= 15 is 0 Å². The van der Waals surface area contributed by atoms with Gasteiger partial charge in [-0.1, -0.05) is 36.5 Å². The van der Waals surface area contributed by atoms with Crippen LogP contribution in [0.2, 0.25) is 0 Å². The summed E-state index contributed by atoms with van der Waals surface area (Å²) in [6, 6.07) is 13.3. The van der Waals surface area contributed by atoms with Gasteiger partial charge in [-0.05, 0) is 36.8 Å². The Kier molecular flexibility index (Phi) is 5.01. The molecule has 0 saturated carbocycles. The van der Waals surface area contributed by atoms with E-state index in [1.54, 1.807) is 36.4 Å². The lowest BCUT2D eigenvalue weighted by atomic mass is 10.1. The van der Waals surface area contributed by atoms with Gasteiger partial charge in [0.1, 0.15) is 17.1 Å². The van der Waals surface area contributed by atoms with Crippen LogP contribution in [0.5, 0.6) is 11.5 Å². The number of hydrogen-bond acceptors (Lipinski definition) is 5. The summed E-state index contributed by atoms with van der Waals surface area (Å²) in [7, 11) is 0. The SMILES string of the molecule is CC(=O)Oc1ccccc1C(=O)Oc1ccc(C(C)=S)cc1. The fourth-order valence-corrected chi connectivity index (χ4v) is 1.93. The van der Waals surface area contributed by atoms with Crippen molar-refractivity contribution in [2.24, 2.45) is 0 Å². The van der Waals surface area contributed by atoms with Crippen LogP contribution in [-0.4, -0.2) is 16.8 Å². The molecule has 2 rings (SSSR count). The first-order valence-corrected chi connectivity index (χ1v) is 6.99. The van der Waals surface area contributed by atoms with Gasteiger partial charge in [0.15, 0.2) is 0 Å². The maximum absolute atomic E-state index is 12.2. The number of para-hydroxylation sites is 1. The first-order chi connectivity index (χ1) is 10.5. The molecule has 0 aliphatic rings. The molecule has 0 atom stereocenters. The van der Waals surface area contributed by atoms with Crippen molar-refractivity contribution < 1.29 is 19.1 Å². The van der Waals surface area contributed by atoms with Gasteiger partial charge in [0.05, 0.1) is 0 Å². The molecule has 0 fully saturated rings. The van der Waals surface area contributed by atoms with Gasteiger partial charge in [-0.3, -0.25) is 4.79 Å². The first kappa shape index (κ1) is 15.9. The normalized spacial score (nSPS) is 9.91. The van der Waals surface area contributed by atoms with Crippen LogP contribution in [0.25, 0.3) is 0 Å². The molecule has 0 radical (unpaired) electrons. The second kappa shape index (κ2) is 6.95. The van der Waals surface area contributed by atoms with Crippen molar-refractivity contribution in [1.82, 2.24) is 0 Å². The van der Waals surface area contributed by atoms with Crippen LogP contribution in [0.3, 0.4) is 0 Å². The van der Waals surface area contributed by atoms with E-state index in [-0.39, 0.29) is 11.3 Å². The number of esters is 2. The van der Waals surface area contributed by atoms with E-state index < -0.39 is 11.9 Å². The van der Waals surface area contributed by atoms with Crippen LogP contribution in [-0.2, 0) is 4.79 Å². The van der Waals surface area contributed by atoms with Crippen molar-refractivity contribution in [2.45, 2.75) is 13.8 Å². The van der Waals surface area contributed by atoms with Crippen molar-refractivity contribution in [3.63, 3.8) is 0 Å². The quantitative estimate of drug-likeness (QED) is 0.374. The summed E-state index contributed by atoms with van der Waals surface area (Å²) in [5.41, 5.74) is 1.09. The number of carbonyl (C=O) groups is 2. The van der Waals surface area contributed by atoms with Gasteiger partial charge in [-0.25, -0.2) is 4.79 Å². The van der Waals surface area contributed by atoms with Gasteiger partial charge >= 0.3 is 11.9 Å². The van der Waals surface area contributed by atoms with Gasteiger partial charge in [0.25, 0.3) is 0 Å². The highest BCUT2D eigenvalue weighted by Crippen LogP contribution is 2.21. The number of benzene rings is 2. The van der Waals surface area contributed by atoms with E-state index in [1.807, 2.05) is 6.92 Å². The zero-order valence-electron chi connectivity index (χ0n) is 12.2. The van der Waals surface area contributed by atoms with Crippen LogP contribution >= 0.6 is 12.2 Å². The summed E-state index contributed by atoms with van der Waals surface area (Å²) >= 11 is 5.07. The Morgan fingerprint density at radius 3 is 2.14 bits per heavy atom. The molecule has 0 bridgehead atoms. The molecule has 0 unspecified atom stereocenters. The molecule has 22 heavy (non-hydrogen) atoms. The summed E-state index contributed by atoms with van der Waals surface area (Å²) in [5, 5.41) is 0. The molecular weight excluding hydrogens is 300 g/mol. The Labute approximate surface area is 133 Å². The summed E-state index contributed by atoms with van der Waals surface area (Å²) in [5.74, 6) is -0.529. The molecule has 0 aromatic heterocycles. The highest BCUT2D eigenvalue weighted by atomic mass is 32.1. The van der Waals surface area contributed by atoms with E-state index in [1.165, 1.54) is 19.1 Å². The molecule has 0 N–H and O–H groups in total. The monoisotopic (exact) mass is 314 g/mol. The molecule has 0 spiro atoms. The Hall–Kier alpha value is -2.53. The minimum absolute atomic E-state index is 0.173. The van der Waals surface area contributed by atoms with Crippen molar-refractivity contribution in [3.8, 4) is 11.5 Å². The largest absolute Gasteiger partial charge is 0.426 e. The summed E-state index contributed by atoms with van der Waals surface area (Å²) in [6.07, 6.45) is 0. The highest BCUT2D eigenvalue weighted by molar-refractivity contribution is 7.80. The van der Waals surface area contributed by atoms with E-state index in [0.29, 0.717) is 5.75 Å². The van der Waals surface area contributed by atoms with E-state index in [4.69, 9.17) is 21.7 Å². The van der Waals surface area contributed by atoms with Crippen LogP contribution in [0.4, 0.5) is 0 Å². The smallest absolute Gasteiger partial charge is 0.347 e. The number of rotatable bonds is 4. The zero-order chi connectivity index (χ0) is 16.1. The molecule has 2 aromatic rings. The van der Waals surface area contributed by atoms with Crippen LogP contribution < -0.4 is 9.47 Å². The Morgan fingerprint density at radius 1 is 0.909 bits per heavy atom. The first-order valence-electron chi connectivity index (χ1n) is 6.58. The third-order valence-corrected chi connectivity index (χ3v) is 3.07. The molecule has 4 nitrogen and oxygen atoms in total. The van der Waals surface area contributed by atoms with Crippen molar-refractivity contribution in [3.05, 3.63) is 59.7 Å². The molecule has 0 heterocycles. The molecule has 0 aliphatic carbocycles. The average molecular weight is 314 g/mol. The van der Waals surface area contributed by atoms with E-state index in [2.05, 4.69) is 0 Å². The molecule has 2 aromatic carbocycles. The van der Waals surface area contributed by atoms with E-state index in [9.17, 15) is 9.59 Å². The van der Waals surface area contributed by atoms with Gasteiger partial charge in [0, 0.05) is 11.8 Å². The molecule has 5 heteroatoms. The standard InChI is InChI=1S/C17H14O4S/c1-11(22)13-7-9-14(10-8-13)21-17(19)15-5-3-4-6-16(15)20-12(2)18/h3-10H,1-2H3. The highest BCUT2D eigenvalue weighted by Gasteiger charge is 2.15. The maximum atomic E-state index is 12.2. The number of ether oxygens (including phenoxy) is 2. The van der Waals surface area contributed by atoms with Crippen molar-refractivity contribution >= 4 is 29.0 Å². The average Bonchev–Trinajstić information content (AvgIpc) is 2.47. The predicted octanol–water partition coefficient (Wildman–Crippen LogP) is 3.57. The van der Waals surface area contributed by atoms with Crippen molar-refractivity contribution in [1.29, 1.82) is 0 Å². The van der Waals surface area contributed by atoms with Gasteiger partial charge in [0.2, 0.25) is 0 Å². The molecule has 0 aliphatic heterocycles. The predicted molar refractivity (Wildman–Crippen MR) is 86.5 cm³/mol. The summed E-state index contributed by atoms with van der Waals surface area (Å²) < 4.78 is 10.3. The van der Waals surface area contributed by atoms with Crippen LogP contribution in [0.1, 0.15) is 29.8 Å². The maximum Gasteiger partial charge on any atom is 0.347 e. The number of carbonyl (C=O) groups excluding carboxylic acids is 2. The minimum atomic E-state index is -0.594. The number of hydrogen-bond donors (Lipinski definition) is 0. The Morgan fingerprint density at radius 2 is 1.55 bits per heavy atom. The number of thiocarbonyl (C=S) groups is 1. The Balaban J connectivity index is 2.18. The molecule has 112 valence electrons. The van der Waals surface area contributed by atoms with Gasteiger partial charge < -0.3 is 9.47 Å². The van der Waals surface area contributed by atoms with Crippen LogP contribution in [0.15, 0.2) is 48.5 Å².